The van der Waals surface area contributed by atoms with Crippen LogP contribution in [0.4, 0.5) is 0 Å². The summed E-state index contributed by atoms with van der Waals surface area (Å²) in [6.45, 7) is 5.17. The molecule has 3 rings (SSSR count). The number of amides is 1. The van der Waals surface area contributed by atoms with Gasteiger partial charge < -0.3 is 9.64 Å². The van der Waals surface area contributed by atoms with Crippen molar-refractivity contribution >= 4 is 11.6 Å². The Morgan fingerprint density at radius 3 is 3.24 bits per heavy atom. The summed E-state index contributed by atoms with van der Waals surface area (Å²) >= 11 is 0. The van der Waals surface area contributed by atoms with E-state index in [4.69, 9.17) is 4.74 Å². The van der Waals surface area contributed by atoms with Crippen molar-refractivity contribution in [2.24, 2.45) is 5.92 Å². The van der Waals surface area contributed by atoms with Crippen molar-refractivity contribution in [2.75, 3.05) is 26.3 Å². The Hall–Kier alpha value is -1.95. The van der Waals surface area contributed by atoms with E-state index in [2.05, 4.69) is 17.0 Å². The molecular weight excluding hydrogens is 268 g/mol. The van der Waals surface area contributed by atoms with Gasteiger partial charge in [-0.2, -0.15) is 5.10 Å². The third kappa shape index (κ3) is 3.05. The zero-order valence-electron chi connectivity index (χ0n) is 12.2. The van der Waals surface area contributed by atoms with Gasteiger partial charge in [0.15, 0.2) is 11.3 Å². The summed E-state index contributed by atoms with van der Waals surface area (Å²) in [5, 5.41) is 4.29. The second-order valence-electron chi connectivity index (χ2n) is 5.43. The van der Waals surface area contributed by atoms with E-state index in [1.165, 1.54) is 0 Å². The van der Waals surface area contributed by atoms with Crippen LogP contribution in [0.3, 0.4) is 0 Å². The first kappa shape index (κ1) is 14.0. The van der Waals surface area contributed by atoms with E-state index in [0.29, 0.717) is 17.3 Å². The van der Waals surface area contributed by atoms with Crippen molar-refractivity contribution < 1.29 is 9.53 Å². The Labute approximate surface area is 123 Å². The van der Waals surface area contributed by atoms with Crippen molar-refractivity contribution in [1.82, 2.24) is 19.5 Å². The minimum absolute atomic E-state index is 0.0153. The van der Waals surface area contributed by atoms with Gasteiger partial charge in [-0.1, -0.05) is 6.92 Å². The maximum absolute atomic E-state index is 12.5. The summed E-state index contributed by atoms with van der Waals surface area (Å²) in [6, 6.07) is 3.54. The number of likely N-dealkylation sites (tertiary alicyclic amines) is 1. The highest BCUT2D eigenvalue weighted by Gasteiger charge is 2.28. The molecule has 0 spiro atoms. The zero-order chi connectivity index (χ0) is 14.7. The predicted octanol–water partition coefficient (Wildman–Crippen LogP) is 1.62. The van der Waals surface area contributed by atoms with Crippen molar-refractivity contribution in [3.05, 3.63) is 30.2 Å². The predicted molar refractivity (Wildman–Crippen MR) is 78.1 cm³/mol. The van der Waals surface area contributed by atoms with E-state index in [1.807, 2.05) is 4.90 Å². The Balaban J connectivity index is 1.63. The highest BCUT2D eigenvalue weighted by atomic mass is 16.5. The molecule has 0 bridgehead atoms. The summed E-state index contributed by atoms with van der Waals surface area (Å²) in [7, 11) is 0. The number of rotatable bonds is 5. The van der Waals surface area contributed by atoms with Gasteiger partial charge in [0, 0.05) is 44.1 Å². The van der Waals surface area contributed by atoms with Gasteiger partial charge in [-0.15, -0.1) is 0 Å². The molecule has 0 aliphatic carbocycles. The fourth-order valence-electron chi connectivity index (χ4n) is 2.64. The molecule has 1 aliphatic heterocycles. The van der Waals surface area contributed by atoms with Gasteiger partial charge in [0.1, 0.15) is 0 Å². The molecule has 3 heterocycles. The Bertz CT molecular complexity index is 592. The summed E-state index contributed by atoms with van der Waals surface area (Å²) in [5.74, 6) is 0.425. The van der Waals surface area contributed by atoms with Crippen LogP contribution in [0.2, 0.25) is 0 Å². The van der Waals surface area contributed by atoms with Crippen LogP contribution in [0.5, 0.6) is 0 Å². The second kappa shape index (κ2) is 6.22. The fraction of sp³-hybridized carbons (Fsp3) is 0.533. The molecule has 0 aromatic carbocycles. The number of nitrogens with zero attached hydrogens (tertiary/aromatic N) is 4. The molecule has 1 atom stereocenters. The van der Waals surface area contributed by atoms with Crippen LogP contribution >= 0.6 is 0 Å². The van der Waals surface area contributed by atoms with Gasteiger partial charge >= 0.3 is 0 Å². The fourth-order valence-corrected chi connectivity index (χ4v) is 2.64. The van der Waals surface area contributed by atoms with Crippen LogP contribution in [0.1, 0.15) is 30.3 Å². The molecule has 21 heavy (non-hydrogen) atoms. The zero-order valence-corrected chi connectivity index (χ0v) is 12.2. The highest BCUT2D eigenvalue weighted by molar-refractivity contribution is 5.93. The van der Waals surface area contributed by atoms with Crippen LogP contribution in [0, 0.1) is 5.92 Å². The van der Waals surface area contributed by atoms with Crippen LogP contribution in [0.25, 0.3) is 5.65 Å². The minimum atomic E-state index is -0.0153. The Morgan fingerprint density at radius 1 is 1.52 bits per heavy atom. The largest absolute Gasteiger partial charge is 0.381 e. The average molecular weight is 288 g/mol. The first-order chi connectivity index (χ1) is 10.3. The Kier molecular flexibility index (Phi) is 4.15. The lowest BCUT2D eigenvalue weighted by Gasteiger charge is -2.15. The summed E-state index contributed by atoms with van der Waals surface area (Å²) < 4.78 is 7.21. The Morgan fingerprint density at radius 2 is 2.43 bits per heavy atom. The maximum Gasteiger partial charge on any atom is 0.274 e. The highest BCUT2D eigenvalue weighted by Crippen LogP contribution is 2.19. The number of hydrogen-bond acceptors (Lipinski definition) is 4. The molecule has 2 aromatic heterocycles. The normalized spacial score (nSPS) is 18.5. The smallest absolute Gasteiger partial charge is 0.274 e. The van der Waals surface area contributed by atoms with Crippen molar-refractivity contribution in [3.8, 4) is 0 Å². The van der Waals surface area contributed by atoms with E-state index in [9.17, 15) is 4.79 Å². The van der Waals surface area contributed by atoms with E-state index < -0.39 is 0 Å². The first-order valence-electron chi connectivity index (χ1n) is 7.45. The molecule has 1 amide bonds. The van der Waals surface area contributed by atoms with Crippen LogP contribution in [0.15, 0.2) is 24.5 Å². The molecule has 6 heteroatoms. The van der Waals surface area contributed by atoms with E-state index in [0.717, 1.165) is 39.1 Å². The van der Waals surface area contributed by atoms with Crippen molar-refractivity contribution in [1.29, 1.82) is 0 Å². The molecule has 0 N–H and O–H groups in total. The third-order valence-electron chi connectivity index (χ3n) is 3.73. The average Bonchev–Trinajstić information content (AvgIpc) is 3.13. The van der Waals surface area contributed by atoms with Gasteiger partial charge in [-0.3, -0.25) is 4.79 Å². The molecule has 1 aliphatic rings. The molecule has 2 aromatic rings. The summed E-state index contributed by atoms with van der Waals surface area (Å²) in [5.41, 5.74) is 1.16. The minimum Gasteiger partial charge on any atom is -0.381 e. The van der Waals surface area contributed by atoms with Crippen molar-refractivity contribution in [3.63, 3.8) is 0 Å². The van der Waals surface area contributed by atoms with Gasteiger partial charge in [-0.05, 0) is 18.9 Å². The number of carbonyl (C=O) groups is 1. The van der Waals surface area contributed by atoms with Gasteiger partial charge in [-0.25, -0.2) is 9.50 Å². The lowest BCUT2D eigenvalue weighted by atomic mass is 10.1. The molecular formula is C15H20N4O2. The number of fused-ring (bicyclic) bond motifs is 1. The van der Waals surface area contributed by atoms with Crippen molar-refractivity contribution in [2.45, 2.75) is 19.8 Å². The molecule has 1 saturated heterocycles. The monoisotopic (exact) mass is 288 g/mol. The van der Waals surface area contributed by atoms with Gasteiger partial charge in [0.05, 0.1) is 6.61 Å². The number of carbonyl (C=O) groups excluding carboxylic acids is 1. The first-order valence-corrected chi connectivity index (χ1v) is 7.45. The van der Waals surface area contributed by atoms with Crippen LogP contribution in [-0.2, 0) is 4.74 Å². The maximum atomic E-state index is 12.5. The molecule has 1 unspecified atom stereocenters. The molecule has 112 valence electrons. The van der Waals surface area contributed by atoms with E-state index >= 15 is 0 Å². The van der Waals surface area contributed by atoms with Crippen LogP contribution < -0.4 is 0 Å². The van der Waals surface area contributed by atoms with E-state index in [1.54, 1.807) is 29.0 Å². The molecule has 0 saturated carbocycles. The van der Waals surface area contributed by atoms with Crippen LogP contribution in [-0.4, -0.2) is 51.7 Å². The number of aromatic nitrogens is 3. The topological polar surface area (TPSA) is 59.7 Å². The third-order valence-corrected chi connectivity index (χ3v) is 3.73. The molecule has 1 fully saturated rings. The molecule has 6 nitrogen and oxygen atoms in total. The standard InChI is InChI=1S/C15H20N4O2/c1-2-8-21-11-12-4-7-18(10-12)15(20)13-9-14-16-5-3-6-19(14)17-13/h3,5-6,9,12H,2,4,7-8,10-11H2,1H3. The van der Waals surface area contributed by atoms with Gasteiger partial charge in [0.2, 0.25) is 0 Å². The summed E-state index contributed by atoms with van der Waals surface area (Å²) in [6.07, 6.45) is 5.53. The number of hydrogen-bond donors (Lipinski definition) is 0. The lowest BCUT2D eigenvalue weighted by Crippen LogP contribution is -2.29. The SMILES string of the molecule is CCCOCC1CCN(C(=O)c2cc3ncccn3n2)C1. The molecule has 0 radical (unpaired) electrons. The second-order valence-corrected chi connectivity index (χ2v) is 5.43. The number of ether oxygens (including phenoxy) is 1. The van der Waals surface area contributed by atoms with Gasteiger partial charge in [0.25, 0.3) is 5.91 Å². The van der Waals surface area contributed by atoms with E-state index in [-0.39, 0.29) is 5.91 Å². The summed E-state index contributed by atoms with van der Waals surface area (Å²) in [4.78, 5) is 18.5. The quantitative estimate of drug-likeness (QED) is 0.784. The lowest BCUT2D eigenvalue weighted by molar-refractivity contribution is 0.0749.